The highest BCUT2D eigenvalue weighted by Crippen LogP contribution is 2.17. The van der Waals surface area contributed by atoms with Crippen molar-refractivity contribution in [2.24, 2.45) is 0 Å². The van der Waals surface area contributed by atoms with Gasteiger partial charge in [0.2, 0.25) is 0 Å². The SMILES string of the molecule is Cc1cc(CC(O)CN(C)C(=O)OC(C)(C)C)ccc1Cl. The predicted octanol–water partition coefficient (Wildman–Crippen LogP) is 3.42. The molecule has 1 atom stereocenters. The molecular formula is C16H24ClNO3. The van der Waals surface area contributed by atoms with Gasteiger partial charge in [-0.25, -0.2) is 4.79 Å². The highest BCUT2D eigenvalue weighted by molar-refractivity contribution is 6.31. The molecule has 1 aromatic rings. The van der Waals surface area contributed by atoms with Crippen molar-refractivity contribution in [1.29, 1.82) is 0 Å². The summed E-state index contributed by atoms with van der Waals surface area (Å²) in [5.74, 6) is 0. The number of ether oxygens (including phenoxy) is 1. The highest BCUT2D eigenvalue weighted by Gasteiger charge is 2.21. The standard InChI is InChI=1S/C16H24ClNO3/c1-11-8-12(6-7-14(11)17)9-13(19)10-18(5)15(20)21-16(2,3)4/h6-8,13,19H,9-10H2,1-5H3. The summed E-state index contributed by atoms with van der Waals surface area (Å²) in [4.78, 5) is 13.2. The van der Waals surface area contributed by atoms with Crippen LogP contribution in [0.25, 0.3) is 0 Å². The molecular weight excluding hydrogens is 290 g/mol. The predicted molar refractivity (Wildman–Crippen MR) is 84.8 cm³/mol. The summed E-state index contributed by atoms with van der Waals surface area (Å²) >= 11 is 5.97. The van der Waals surface area contributed by atoms with Crippen molar-refractivity contribution in [2.75, 3.05) is 13.6 Å². The Balaban J connectivity index is 2.54. The highest BCUT2D eigenvalue weighted by atomic mass is 35.5. The van der Waals surface area contributed by atoms with Crippen molar-refractivity contribution in [3.63, 3.8) is 0 Å². The minimum atomic E-state index is -0.650. The number of rotatable bonds is 4. The normalized spacial score (nSPS) is 12.9. The maximum Gasteiger partial charge on any atom is 0.410 e. The molecule has 1 unspecified atom stereocenters. The van der Waals surface area contributed by atoms with Gasteiger partial charge in [0, 0.05) is 25.0 Å². The third-order valence-electron chi connectivity index (χ3n) is 2.88. The smallest absolute Gasteiger partial charge is 0.410 e. The number of benzene rings is 1. The number of nitrogens with zero attached hydrogens (tertiary/aromatic N) is 1. The lowest BCUT2D eigenvalue weighted by molar-refractivity contribution is 0.0207. The van der Waals surface area contributed by atoms with Crippen LogP contribution in [0.15, 0.2) is 18.2 Å². The topological polar surface area (TPSA) is 49.8 Å². The molecule has 0 heterocycles. The third kappa shape index (κ3) is 6.36. The van der Waals surface area contributed by atoms with E-state index >= 15 is 0 Å². The molecule has 1 rings (SSSR count). The lowest BCUT2D eigenvalue weighted by Crippen LogP contribution is -2.39. The number of aliphatic hydroxyl groups excluding tert-OH is 1. The van der Waals surface area contributed by atoms with Crippen molar-refractivity contribution in [1.82, 2.24) is 4.90 Å². The summed E-state index contributed by atoms with van der Waals surface area (Å²) in [7, 11) is 1.62. The van der Waals surface area contributed by atoms with Crippen molar-refractivity contribution in [3.05, 3.63) is 34.3 Å². The van der Waals surface area contributed by atoms with E-state index in [9.17, 15) is 9.90 Å². The van der Waals surface area contributed by atoms with E-state index in [4.69, 9.17) is 16.3 Å². The molecule has 118 valence electrons. The van der Waals surface area contributed by atoms with Crippen LogP contribution in [0.4, 0.5) is 4.79 Å². The maximum atomic E-state index is 11.8. The van der Waals surface area contributed by atoms with Crippen molar-refractivity contribution in [3.8, 4) is 0 Å². The third-order valence-corrected chi connectivity index (χ3v) is 3.31. The van der Waals surface area contributed by atoms with Crippen LogP contribution in [-0.2, 0) is 11.2 Å². The van der Waals surface area contributed by atoms with E-state index in [1.54, 1.807) is 7.05 Å². The minimum Gasteiger partial charge on any atom is -0.444 e. The number of hydrogen-bond acceptors (Lipinski definition) is 3. The van der Waals surface area contributed by atoms with Crippen LogP contribution in [0.5, 0.6) is 0 Å². The van der Waals surface area contributed by atoms with Crippen LogP contribution in [0.2, 0.25) is 5.02 Å². The number of aryl methyl sites for hydroxylation is 1. The van der Waals surface area contributed by atoms with Gasteiger partial charge < -0.3 is 14.7 Å². The molecule has 4 nitrogen and oxygen atoms in total. The van der Waals surface area contributed by atoms with Crippen LogP contribution in [0.1, 0.15) is 31.9 Å². The first-order valence-electron chi connectivity index (χ1n) is 6.95. The number of carbonyl (C=O) groups is 1. The lowest BCUT2D eigenvalue weighted by atomic mass is 10.1. The second-order valence-electron chi connectivity index (χ2n) is 6.30. The van der Waals surface area contributed by atoms with E-state index in [2.05, 4.69) is 0 Å². The zero-order chi connectivity index (χ0) is 16.2. The van der Waals surface area contributed by atoms with E-state index in [0.29, 0.717) is 11.4 Å². The van der Waals surface area contributed by atoms with E-state index in [0.717, 1.165) is 11.1 Å². The van der Waals surface area contributed by atoms with Gasteiger partial charge in [-0.05, 0) is 44.9 Å². The Morgan fingerprint density at radius 2 is 2.05 bits per heavy atom. The fourth-order valence-corrected chi connectivity index (χ4v) is 2.02. The molecule has 0 aliphatic carbocycles. The quantitative estimate of drug-likeness (QED) is 0.926. The Morgan fingerprint density at radius 3 is 2.57 bits per heavy atom. The van der Waals surface area contributed by atoms with Crippen LogP contribution in [-0.4, -0.2) is 41.4 Å². The Kier molecular flexibility index (Phi) is 6.05. The molecule has 0 aliphatic rings. The number of likely N-dealkylation sites (N-methyl/N-ethyl adjacent to an activating group) is 1. The summed E-state index contributed by atoms with van der Waals surface area (Å²) in [6.07, 6.45) is -0.623. The molecule has 0 aliphatic heterocycles. The second kappa shape index (κ2) is 7.14. The average Bonchev–Trinajstić information content (AvgIpc) is 2.31. The number of aliphatic hydroxyl groups is 1. The van der Waals surface area contributed by atoms with Gasteiger partial charge in [0.25, 0.3) is 0 Å². The van der Waals surface area contributed by atoms with Gasteiger partial charge in [0.1, 0.15) is 5.60 Å². The monoisotopic (exact) mass is 313 g/mol. The maximum absolute atomic E-state index is 11.8. The minimum absolute atomic E-state index is 0.219. The molecule has 5 heteroatoms. The van der Waals surface area contributed by atoms with Crippen LogP contribution in [0, 0.1) is 6.92 Å². The fourth-order valence-electron chi connectivity index (χ4n) is 1.90. The first-order valence-corrected chi connectivity index (χ1v) is 7.33. The van der Waals surface area contributed by atoms with Gasteiger partial charge in [0.15, 0.2) is 0 Å². The van der Waals surface area contributed by atoms with E-state index in [1.165, 1.54) is 4.90 Å². The van der Waals surface area contributed by atoms with Gasteiger partial charge in [-0.1, -0.05) is 23.7 Å². The number of halogens is 1. The van der Waals surface area contributed by atoms with Gasteiger partial charge in [-0.2, -0.15) is 0 Å². The summed E-state index contributed by atoms with van der Waals surface area (Å²) in [5, 5.41) is 10.8. The lowest BCUT2D eigenvalue weighted by Gasteiger charge is -2.26. The largest absolute Gasteiger partial charge is 0.444 e. The summed E-state index contributed by atoms with van der Waals surface area (Å²) < 4.78 is 5.24. The molecule has 0 radical (unpaired) electrons. The molecule has 0 fully saturated rings. The zero-order valence-electron chi connectivity index (χ0n) is 13.3. The number of amides is 1. The first-order chi connectivity index (χ1) is 9.58. The summed E-state index contributed by atoms with van der Waals surface area (Å²) in [6, 6.07) is 5.64. The molecule has 1 amide bonds. The Bertz CT molecular complexity index is 497. The van der Waals surface area contributed by atoms with Crippen LogP contribution in [0.3, 0.4) is 0 Å². The van der Waals surface area contributed by atoms with E-state index in [1.807, 2.05) is 45.9 Å². The molecule has 1 N–H and O–H groups in total. The van der Waals surface area contributed by atoms with Gasteiger partial charge in [0.05, 0.1) is 6.10 Å². The van der Waals surface area contributed by atoms with Crippen molar-refractivity contribution in [2.45, 2.75) is 45.8 Å². The number of carbonyl (C=O) groups excluding carboxylic acids is 1. The Labute approximate surface area is 131 Å². The fraction of sp³-hybridized carbons (Fsp3) is 0.562. The molecule has 0 saturated carbocycles. The van der Waals surface area contributed by atoms with Crippen molar-refractivity contribution < 1.29 is 14.6 Å². The number of hydrogen-bond donors (Lipinski definition) is 1. The molecule has 1 aromatic carbocycles. The van der Waals surface area contributed by atoms with E-state index in [-0.39, 0.29) is 6.54 Å². The van der Waals surface area contributed by atoms with Crippen LogP contribution >= 0.6 is 11.6 Å². The van der Waals surface area contributed by atoms with Gasteiger partial charge >= 0.3 is 6.09 Å². The zero-order valence-corrected chi connectivity index (χ0v) is 14.1. The van der Waals surface area contributed by atoms with Gasteiger partial charge in [-0.15, -0.1) is 0 Å². The second-order valence-corrected chi connectivity index (χ2v) is 6.71. The van der Waals surface area contributed by atoms with Crippen LogP contribution < -0.4 is 0 Å². The Hall–Kier alpha value is -1.26. The molecule has 0 saturated heterocycles. The average molecular weight is 314 g/mol. The molecule has 0 aromatic heterocycles. The van der Waals surface area contributed by atoms with Gasteiger partial charge in [-0.3, -0.25) is 0 Å². The Morgan fingerprint density at radius 1 is 1.43 bits per heavy atom. The van der Waals surface area contributed by atoms with Crippen molar-refractivity contribution >= 4 is 17.7 Å². The molecule has 0 spiro atoms. The summed E-state index contributed by atoms with van der Waals surface area (Å²) in [5.41, 5.74) is 1.42. The van der Waals surface area contributed by atoms with E-state index < -0.39 is 17.8 Å². The molecule has 21 heavy (non-hydrogen) atoms. The summed E-state index contributed by atoms with van der Waals surface area (Å²) in [6.45, 7) is 7.57. The molecule has 0 bridgehead atoms. The first kappa shape index (κ1) is 17.8.